The minimum Gasteiger partial charge on any atom is -0.381 e. The standard InChI is InChI=1S/C11H24N2O3S/c1-10(2)12-6-9-17(14,15)13-7-4-11(16-3)5-8-13/h10-12H,4-9H2,1-3H3. The Bertz CT molecular complexity index is 309. The molecule has 1 rings (SSSR count). The average molecular weight is 264 g/mol. The van der Waals surface area contributed by atoms with Crippen LogP contribution in [0.5, 0.6) is 0 Å². The van der Waals surface area contributed by atoms with Gasteiger partial charge in [-0.1, -0.05) is 13.8 Å². The summed E-state index contributed by atoms with van der Waals surface area (Å²) < 4.78 is 30.8. The molecule has 1 aliphatic rings. The molecular weight excluding hydrogens is 240 g/mol. The quantitative estimate of drug-likeness (QED) is 0.755. The predicted octanol–water partition coefficient (Wildman–Crippen LogP) is 0.425. The summed E-state index contributed by atoms with van der Waals surface area (Å²) in [5.41, 5.74) is 0. The summed E-state index contributed by atoms with van der Waals surface area (Å²) in [7, 11) is -1.41. The van der Waals surface area contributed by atoms with Crippen molar-refractivity contribution in [1.82, 2.24) is 9.62 Å². The van der Waals surface area contributed by atoms with Crippen molar-refractivity contribution >= 4 is 10.0 Å². The third-order valence-electron chi connectivity index (χ3n) is 3.04. The van der Waals surface area contributed by atoms with Crippen LogP contribution in [0.1, 0.15) is 26.7 Å². The SMILES string of the molecule is COC1CCN(S(=O)(=O)CCNC(C)C)CC1. The number of rotatable bonds is 6. The molecule has 0 aromatic heterocycles. The summed E-state index contributed by atoms with van der Waals surface area (Å²) in [6, 6.07) is 0.324. The molecule has 0 unspecified atom stereocenters. The number of nitrogens with zero attached hydrogens (tertiary/aromatic N) is 1. The lowest BCUT2D eigenvalue weighted by molar-refractivity contribution is 0.0604. The van der Waals surface area contributed by atoms with E-state index in [1.54, 1.807) is 11.4 Å². The van der Waals surface area contributed by atoms with Gasteiger partial charge in [0.15, 0.2) is 0 Å². The van der Waals surface area contributed by atoms with Gasteiger partial charge in [-0.25, -0.2) is 12.7 Å². The second-order valence-electron chi connectivity index (χ2n) is 4.76. The summed E-state index contributed by atoms with van der Waals surface area (Å²) in [5.74, 6) is 0.183. The van der Waals surface area contributed by atoms with E-state index in [1.165, 1.54) is 0 Å². The molecule has 0 aliphatic carbocycles. The lowest BCUT2D eigenvalue weighted by Gasteiger charge is -2.30. The third-order valence-corrected chi connectivity index (χ3v) is 4.91. The molecule has 6 heteroatoms. The Morgan fingerprint density at radius 1 is 1.35 bits per heavy atom. The molecule has 102 valence electrons. The highest BCUT2D eigenvalue weighted by Gasteiger charge is 2.27. The van der Waals surface area contributed by atoms with Gasteiger partial charge in [0.1, 0.15) is 0 Å². The average Bonchev–Trinajstić information content (AvgIpc) is 2.28. The van der Waals surface area contributed by atoms with E-state index in [9.17, 15) is 8.42 Å². The van der Waals surface area contributed by atoms with Gasteiger partial charge in [0.05, 0.1) is 11.9 Å². The van der Waals surface area contributed by atoms with Gasteiger partial charge >= 0.3 is 0 Å². The molecule has 1 N–H and O–H groups in total. The normalized spacial score (nSPS) is 20.0. The van der Waals surface area contributed by atoms with Gasteiger partial charge in [0, 0.05) is 32.8 Å². The minimum absolute atomic E-state index is 0.183. The number of piperidine rings is 1. The second-order valence-corrected chi connectivity index (χ2v) is 6.85. The predicted molar refractivity (Wildman–Crippen MR) is 68.5 cm³/mol. The highest BCUT2D eigenvalue weighted by molar-refractivity contribution is 7.89. The van der Waals surface area contributed by atoms with Crippen LogP contribution in [0.2, 0.25) is 0 Å². The molecule has 0 saturated carbocycles. The van der Waals surface area contributed by atoms with Gasteiger partial charge in [0.2, 0.25) is 10.0 Å². The van der Waals surface area contributed by atoms with Crippen molar-refractivity contribution in [2.45, 2.75) is 38.8 Å². The van der Waals surface area contributed by atoms with E-state index in [0.29, 0.717) is 25.7 Å². The zero-order valence-corrected chi connectivity index (χ0v) is 11.8. The lowest BCUT2D eigenvalue weighted by Crippen LogP contribution is -2.43. The Kier molecular flexibility index (Phi) is 5.85. The molecule has 1 fully saturated rings. The highest BCUT2D eigenvalue weighted by Crippen LogP contribution is 2.16. The molecule has 0 aromatic carbocycles. The largest absolute Gasteiger partial charge is 0.381 e. The molecule has 0 spiro atoms. The van der Waals surface area contributed by atoms with Gasteiger partial charge in [-0.05, 0) is 12.8 Å². The van der Waals surface area contributed by atoms with Crippen LogP contribution in [0.15, 0.2) is 0 Å². The summed E-state index contributed by atoms with van der Waals surface area (Å²) >= 11 is 0. The van der Waals surface area contributed by atoms with Gasteiger partial charge in [0.25, 0.3) is 0 Å². The molecule has 1 aliphatic heterocycles. The van der Waals surface area contributed by atoms with Crippen LogP contribution in [-0.4, -0.2) is 57.4 Å². The molecule has 0 atom stereocenters. The van der Waals surface area contributed by atoms with E-state index in [1.807, 2.05) is 13.8 Å². The van der Waals surface area contributed by atoms with E-state index in [2.05, 4.69) is 5.32 Å². The number of methoxy groups -OCH3 is 1. The Hall–Kier alpha value is -0.170. The summed E-state index contributed by atoms with van der Waals surface area (Å²) in [5, 5.41) is 3.13. The maximum absolute atomic E-state index is 12.0. The fraction of sp³-hybridized carbons (Fsp3) is 1.00. The first-order chi connectivity index (χ1) is 7.95. The molecule has 0 amide bonds. The van der Waals surface area contributed by atoms with Crippen LogP contribution in [0.4, 0.5) is 0 Å². The van der Waals surface area contributed by atoms with Crippen molar-refractivity contribution in [2.75, 3.05) is 32.5 Å². The van der Waals surface area contributed by atoms with Crippen LogP contribution in [0, 0.1) is 0 Å². The van der Waals surface area contributed by atoms with Crippen LogP contribution < -0.4 is 5.32 Å². The molecule has 5 nitrogen and oxygen atoms in total. The Labute approximate surface area is 105 Å². The first-order valence-corrected chi connectivity index (χ1v) is 7.80. The highest BCUT2D eigenvalue weighted by atomic mass is 32.2. The molecule has 1 heterocycles. The van der Waals surface area contributed by atoms with Crippen LogP contribution in [-0.2, 0) is 14.8 Å². The zero-order valence-electron chi connectivity index (χ0n) is 11.0. The van der Waals surface area contributed by atoms with Crippen LogP contribution in [0.25, 0.3) is 0 Å². The Morgan fingerprint density at radius 2 is 1.94 bits per heavy atom. The van der Waals surface area contributed by atoms with E-state index in [-0.39, 0.29) is 11.9 Å². The van der Waals surface area contributed by atoms with E-state index >= 15 is 0 Å². The smallest absolute Gasteiger partial charge is 0.215 e. The van der Waals surface area contributed by atoms with Crippen molar-refractivity contribution in [2.24, 2.45) is 0 Å². The maximum atomic E-state index is 12.0. The van der Waals surface area contributed by atoms with Crippen molar-refractivity contribution in [3.8, 4) is 0 Å². The fourth-order valence-corrected chi connectivity index (χ4v) is 3.35. The minimum atomic E-state index is -3.10. The first kappa shape index (κ1) is 14.9. The number of hydrogen-bond acceptors (Lipinski definition) is 4. The van der Waals surface area contributed by atoms with Gasteiger partial charge in [-0.2, -0.15) is 0 Å². The fourth-order valence-electron chi connectivity index (χ4n) is 1.95. The third kappa shape index (κ3) is 4.91. The van der Waals surface area contributed by atoms with E-state index in [0.717, 1.165) is 12.8 Å². The summed E-state index contributed by atoms with van der Waals surface area (Å²) in [6.45, 7) is 5.71. The molecule has 1 saturated heterocycles. The Balaban J connectivity index is 2.38. The molecular formula is C11H24N2O3S. The number of hydrogen-bond donors (Lipinski definition) is 1. The topological polar surface area (TPSA) is 58.6 Å². The molecule has 0 bridgehead atoms. The Morgan fingerprint density at radius 3 is 2.41 bits per heavy atom. The molecule has 17 heavy (non-hydrogen) atoms. The zero-order chi connectivity index (χ0) is 12.9. The molecule has 0 aromatic rings. The van der Waals surface area contributed by atoms with Crippen LogP contribution in [0.3, 0.4) is 0 Å². The summed E-state index contributed by atoms with van der Waals surface area (Å²) in [4.78, 5) is 0. The summed E-state index contributed by atoms with van der Waals surface area (Å²) in [6.07, 6.45) is 1.82. The van der Waals surface area contributed by atoms with E-state index < -0.39 is 10.0 Å². The van der Waals surface area contributed by atoms with Crippen molar-refractivity contribution in [3.05, 3.63) is 0 Å². The van der Waals surface area contributed by atoms with Crippen molar-refractivity contribution in [1.29, 1.82) is 0 Å². The maximum Gasteiger partial charge on any atom is 0.215 e. The number of sulfonamides is 1. The second kappa shape index (κ2) is 6.68. The van der Waals surface area contributed by atoms with Crippen molar-refractivity contribution in [3.63, 3.8) is 0 Å². The monoisotopic (exact) mass is 264 g/mol. The van der Waals surface area contributed by atoms with Crippen LogP contribution >= 0.6 is 0 Å². The van der Waals surface area contributed by atoms with Gasteiger partial charge in [-0.15, -0.1) is 0 Å². The number of ether oxygens (including phenoxy) is 1. The lowest BCUT2D eigenvalue weighted by atomic mass is 10.1. The first-order valence-electron chi connectivity index (χ1n) is 6.19. The van der Waals surface area contributed by atoms with Crippen molar-refractivity contribution < 1.29 is 13.2 Å². The number of nitrogens with one attached hydrogen (secondary N) is 1. The van der Waals surface area contributed by atoms with Gasteiger partial charge in [-0.3, -0.25) is 0 Å². The van der Waals surface area contributed by atoms with E-state index in [4.69, 9.17) is 4.74 Å². The van der Waals surface area contributed by atoms with Gasteiger partial charge < -0.3 is 10.1 Å². The molecule has 0 radical (unpaired) electrons.